The molecule has 1 N–H and O–H groups in total. The minimum atomic E-state index is 0.887. The van der Waals surface area contributed by atoms with Gasteiger partial charge in [0.05, 0.1) is 7.11 Å². The molecule has 2 nitrogen and oxygen atoms in total. The van der Waals surface area contributed by atoms with E-state index >= 15 is 0 Å². The molecule has 12 heavy (non-hydrogen) atoms. The molecule has 0 aliphatic heterocycles. The van der Waals surface area contributed by atoms with Crippen molar-refractivity contribution in [2.45, 2.75) is 13.5 Å². The average Bonchev–Trinajstić information content (AvgIpc) is 2.04. The van der Waals surface area contributed by atoms with Gasteiger partial charge in [-0.15, -0.1) is 0 Å². The summed E-state index contributed by atoms with van der Waals surface area (Å²) in [5.74, 6) is 0.931. The SMILES string of the molecule is CNCc1cc(C)cc(OC)c1. The number of ether oxygens (including phenoxy) is 1. The molecule has 0 saturated heterocycles. The van der Waals surface area contributed by atoms with Gasteiger partial charge in [0.2, 0.25) is 0 Å². The predicted octanol–water partition coefficient (Wildman–Crippen LogP) is 1.72. The minimum absolute atomic E-state index is 0.887. The summed E-state index contributed by atoms with van der Waals surface area (Å²) in [4.78, 5) is 0. The van der Waals surface area contributed by atoms with Crippen molar-refractivity contribution in [2.75, 3.05) is 14.2 Å². The maximum atomic E-state index is 5.15. The first-order valence-electron chi connectivity index (χ1n) is 4.05. The predicted molar refractivity (Wildman–Crippen MR) is 50.5 cm³/mol. The van der Waals surface area contributed by atoms with Gasteiger partial charge >= 0.3 is 0 Å². The number of benzene rings is 1. The first-order chi connectivity index (χ1) is 5.76. The fourth-order valence-electron chi connectivity index (χ4n) is 1.25. The standard InChI is InChI=1S/C10H15NO/c1-8-4-9(7-11-2)6-10(5-8)12-3/h4-6,11H,7H2,1-3H3. The monoisotopic (exact) mass is 165 g/mol. The van der Waals surface area contributed by atoms with Crippen LogP contribution in [0.4, 0.5) is 0 Å². The quantitative estimate of drug-likeness (QED) is 0.736. The van der Waals surface area contributed by atoms with Gasteiger partial charge in [-0.1, -0.05) is 6.07 Å². The second-order valence-corrected chi connectivity index (χ2v) is 2.89. The fourth-order valence-corrected chi connectivity index (χ4v) is 1.25. The van der Waals surface area contributed by atoms with E-state index < -0.39 is 0 Å². The highest BCUT2D eigenvalue weighted by Crippen LogP contribution is 2.15. The molecule has 0 heterocycles. The van der Waals surface area contributed by atoms with Crippen molar-refractivity contribution in [3.8, 4) is 5.75 Å². The van der Waals surface area contributed by atoms with Crippen LogP contribution in [0.5, 0.6) is 5.75 Å². The van der Waals surface area contributed by atoms with E-state index in [1.807, 2.05) is 19.2 Å². The van der Waals surface area contributed by atoms with Crippen molar-refractivity contribution < 1.29 is 4.74 Å². The summed E-state index contributed by atoms with van der Waals surface area (Å²) in [6.07, 6.45) is 0. The minimum Gasteiger partial charge on any atom is -0.497 e. The van der Waals surface area contributed by atoms with Crippen LogP contribution in [0.3, 0.4) is 0 Å². The summed E-state index contributed by atoms with van der Waals surface area (Å²) in [6.45, 7) is 2.96. The Morgan fingerprint density at radius 2 is 2.08 bits per heavy atom. The van der Waals surface area contributed by atoms with E-state index in [1.165, 1.54) is 11.1 Å². The Bertz CT molecular complexity index is 258. The van der Waals surface area contributed by atoms with Crippen LogP contribution in [0.2, 0.25) is 0 Å². The highest BCUT2D eigenvalue weighted by Gasteiger charge is 1.96. The Kier molecular flexibility index (Phi) is 3.11. The average molecular weight is 165 g/mol. The lowest BCUT2D eigenvalue weighted by molar-refractivity contribution is 0.414. The maximum absolute atomic E-state index is 5.15. The number of hydrogen-bond acceptors (Lipinski definition) is 2. The van der Waals surface area contributed by atoms with E-state index in [-0.39, 0.29) is 0 Å². The second kappa shape index (κ2) is 4.12. The van der Waals surface area contributed by atoms with Crippen LogP contribution in [0, 0.1) is 6.92 Å². The van der Waals surface area contributed by atoms with Gasteiger partial charge in [-0.3, -0.25) is 0 Å². The number of aryl methyl sites for hydroxylation is 1. The fraction of sp³-hybridized carbons (Fsp3) is 0.400. The van der Waals surface area contributed by atoms with Crippen LogP contribution in [-0.4, -0.2) is 14.2 Å². The van der Waals surface area contributed by atoms with Gasteiger partial charge in [0.1, 0.15) is 5.75 Å². The zero-order chi connectivity index (χ0) is 8.97. The van der Waals surface area contributed by atoms with E-state index in [1.54, 1.807) is 7.11 Å². The summed E-state index contributed by atoms with van der Waals surface area (Å²) in [6, 6.07) is 6.22. The van der Waals surface area contributed by atoms with Gasteiger partial charge < -0.3 is 10.1 Å². The van der Waals surface area contributed by atoms with Crippen molar-refractivity contribution >= 4 is 0 Å². The number of nitrogens with one attached hydrogen (secondary N) is 1. The highest BCUT2D eigenvalue weighted by molar-refractivity contribution is 5.33. The molecule has 0 aliphatic rings. The first kappa shape index (κ1) is 9.07. The first-order valence-corrected chi connectivity index (χ1v) is 4.05. The van der Waals surface area contributed by atoms with Gasteiger partial charge in [-0.2, -0.15) is 0 Å². The molecular weight excluding hydrogens is 150 g/mol. The Morgan fingerprint density at radius 1 is 1.33 bits per heavy atom. The van der Waals surface area contributed by atoms with E-state index in [0.717, 1.165) is 12.3 Å². The largest absolute Gasteiger partial charge is 0.497 e. The smallest absolute Gasteiger partial charge is 0.119 e. The molecule has 0 saturated carbocycles. The summed E-state index contributed by atoms with van der Waals surface area (Å²) in [5.41, 5.74) is 2.49. The third kappa shape index (κ3) is 2.24. The lowest BCUT2D eigenvalue weighted by atomic mass is 10.1. The zero-order valence-corrected chi connectivity index (χ0v) is 7.85. The molecule has 1 rings (SSSR count). The van der Waals surface area contributed by atoms with Crippen LogP contribution in [-0.2, 0) is 6.54 Å². The van der Waals surface area contributed by atoms with Gasteiger partial charge in [0, 0.05) is 6.54 Å². The van der Waals surface area contributed by atoms with E-state index in [9.17, 15) is 0 Å². The van der Waals surface area contributed by atoms with Crippen molar-refractivity contribution in [1.82, 2.24) is 5.32 Å². The van der Waals surface area contributed by atoms with Crippen molar-refractivity contribution in [2.24, 2.45) is 0 Å². The molecule has 0 spiro atoms. The topological polar surface area (TPSA) is 21.3 Å². The van der Waals surface area contributed by atoms with Crippen LogP contribution < -0.4 is 10.1 Å². The van der Waals surface area contributed by atoms with E-state index in [4.69, 9.17) is 4.74 Å². The molecule has 0 bridgehead atoms. The Morgan fingerprint density at radius 3 is 2.67 bits per heavy atom. The molecule has 0 radical (unpaired) electrons. The highest BCUT2D eigenvalue weighted by atomic mass is 16.5. The molecule has 1 aromatic rings. The lowest BCUT2D eigenvalue weighted by Crippen LogP contribution is -2.05. The molecule has 0 fully saturated rings. The van der Waals surface area contributed by atoms with E-state index in [0.29, 0.717) is 0 Å². The maximum Gasteiger partial charge on any atom is 0.119 e. The molecule has 66 valence electrons. The number of methoxy groups -OCH3 is 1. The molecule has 1 aromatic carbocycles. The van der Waals surface area contributed by atoms with Gasteiger partial charge in [0.25, 0.3) is 0 Å². The third-order valence-electron chi connectivity index (χ3n) is 1.73. The molecule has 2 heteroatoms. The van der Waals surface area contributed by atoms with Gasteiger partial charge in [-0.05, 0) is 37.2 Å². The summed E-state index contributed by atoms with van der Waals surface area (Å²) in [7, 11) is 3.63. The molecule has 0 unspecified atom stereocenters. The number of hydrogen-bond donors (Lipinski definition) is 1. The molecule has 0 atom stereocenters. The van der Waals surface area contributed by atoms with Crippen LogP contribution in [0.1, 0.15) is 11.1 Å². The van der Waals surface area contributed by atoms with Crippen molar-refractivity contribution in [1.29, 1.82) is 0 Å². The Hall–Kier alpha value is -1.02. The lowest BCUT2D eigenvalue weighted by Gasteiger charge is -2.05. The number of rotatable bonds is 3. The molecular formula is C10H15NO. The van der Waals surface area contributed by atoms with E-state index in [2.05, 4.69) is 18.3 Å². The van der Waals surface area contributed by atoms with Gasteiger partial charge in [0.15, 0.2) is 0 Å². The Labute approximate surface area is 73.6 Å². The summed E-state index contributed by atoms with van der Waals surface area (Å²) in [5, 5.41) is 3.11. The van der Waals surface area contributed by atoms with Crippen LogP contribution >= 0.6 is 0 Å². The molecule has 0 aromatic heterocycles. The van der Waals surface area contributed by atoms with Gasteiger partial charge in [-0.25, -0.2) is 0 Å². The second-order valence-electron chi connectivity index (χ2n) is 2.89. The normalized spacial score (nSPS) is 9.92. The summed E-state index contributed by atoms with van der Waals surface area (Å²) >= 11 is 0. The molecule has 0 aliphatic carbocycles. The Balaban J connectivity index is 2.90. The molecule has 0 amide bonds. The van der Waals surface area contributed by atoms with Crippen molar-refractivity contribution in [3.05, 3.63) is 29.3 Å². The third-order valence-corrected chi connectivity index (χ3v) is 1.73. The summed E-state index contributed by atoms with van der Waals surface area (Å²) < 4.78 is 5.15. The van der Waals surface area contributed by atoms with Crippen molar-refractivity contribution in [3.63, 3.8) is 0 Å². The zero-order valence-electron chi connectivity index (χ0n) is 7.85. The van der Waals surface area contributed by atoms with Crippen LogP contribution in [0.25, 0.3) is 0 Å². The van der Waals surface area contributed by atoms with Crippen LogP contribution in [0.15, 0.2) is 18.2 Å².